The number of aromatic nitrogens is 2. The molecule has 14 heteroatoms. The number of hydroxylamine groups is 2. The van der Waals surface area contributed by atoms with E-state index in [0.717, 1.165) is 69.4 Å². The molecule has 0 unspecified atom stereocenters. The lowest BCUT2D eigenvalue weighted by atomic mass is 9.84. The molecule has 4 aliphatic heterocycles. The molecule has 8 rings (SSSR count). The standard InChI is InChI=1S/C52H64N6O8/c1-7-45(59)55-26-22-37(31-55)49(61)57-24-11-9-10-18-43(57)48(60)54-41-28-34-15-12-16-35(27-34)36-20-21-42-39(29-36)40(47(56(42)8-2)38-17-13-23-53-46(38)33(3)64-6)30-52(4,5)32-65-51(63)44-19-14-25-58(66-44)50(41)62/h7,12-13,15-17,20-21,23,27,29,33,37,41,43-44H,1,8-11,14,18-19,22,24-26,28,30-32H2,2-6H3,(H,54,60)/t33-,37-,41-,43-,44-/m0/s1. The zero-order valence-electron chi connectivity index (χ0n) is 39.1. The summed E-state index contributed by atoms with van der Waals surface area (Å²) < 4.78 is 14.2. The normalized spacial score (nSPS) is 23.1. The largest absolute Gasteiger partial charge is 0.463 e. The lowest BCUT2D eigenvalue weighted by molar-refractivity contribution is -0.231. The lowest BCUT2D eigenvalue weighted by Gasteiger charge is -2.35. The number of hydrogen-bond acceptors (Lipinski definition) is 9. The molecule has 2 aromatic heterocycles. The first kappa shape index (κ1) is 46.7. The molecule has 14 nitrogen and oxygen atoms in total. The smallest absolute Gasteiger partial charge is 0.338 e. The van der Waals surface area contributed by atoms with Crippen molar-refractivity contribution in [3.63, 3.8) is 0 Å². The number of likely N-dealkylation sites (tertiary alicyclic amines) is 2. The number of rotatable bonds is 8. The number of cyclic esters (lactones) is 1. The zero-order chi connectivity index (χ0) is 46.7. The molecule has 4 aromatic rings. The number of esters is 1. The number of benzene rings is 2. The Morgan fingerprint density at radius 1 is 0.985 bits per heavy atom. The second kappa shape index (κ2) is 19.9. The predicted molar refractivity (Wildman–Crippen MR) is 250 cm³/mol. The van der Waals surface area contributed by atoms with Crippen LogP contribution in [0.2, 0.25) is 0 Å². The van der Waals surface area contributed by atoms with Crippen LogP contribution in [0.1, 0.15) is 95.6 Å². The number of amides is 4. The van der Waals surface area contributed by atoms with E-state index in [9.17, 15) is 24.0 Å². The number of nitrogens with zero attached hydrogens (tertiary/aromatic N) is 5. The van der Waals surface area contributed by atoms with Crippen molar-refractivity contribution in [2.75, 3.05) is 39.9 Å². The number of carbonyl (C=O) groups excluding carboxylic acids is 5. The Kier molecular flexibility index (Phi) is 14.1. The van der Waals surface area contributed by atoms with Crippen molar-refractivity contribution in [2.24, 2.45) is 11.3 Å². The Bertz CT molecular complexity index is 2500. The highest BCUT2D eigenvalue weighted by atomic mass is 16.7. The number of hydrogen-bond donors (Lipinski definition) is 1. The van der Waals surface area contributed by atoms with Crippen molar-refractivity contribution in [1.29, 1.82) is 0 Å². The molecular weight excluding hydrogens is 837 g/mol. The molecule has 0 radical (unpaired) electrons. The summed E-state index contributed by atoms with van der Waals surface area (Å²) >= 11 is 0. The van der Waals surface area contributed by atoms with Crippen molar-refractivity contribution in [3.05, 3.63) is 90.3 Å². The van der Waals surface area contributed by atoms with E-state index in [4.69, 9.17) is 19.3 Å². The van der Waals surface area contributed by atoms with Gasteiger partial charge in [-0.25, -0.2) is 9.86 Å². The Morgan fingerprint density at radius 3 is 2.59 bits per heavy atom. The van der Waals surface area contributed by atoms with Crippen LogP contribution in [0.4, 0.5) is 0 Å². The summed E-state index contributed by atoms with van der Waals surface area (Å²) in [5, 5.41) is 5.37. The third kappa shape index (κ3) is 9.67. The molecule has 6 bridgehead atoms. The molecular formula is C52H64N6O8. The molecule has 2 aromatic carbocycles. The van der Waals surface area contributed by atoms with Crippen molar-refractivity contribution in [2.45, 2.75) is 116 Å². The second-order valence-corrected chi connectivity index (χ2v) is 19.1. The third-order valence-electron chi connectivity index (χ3n) is 13.8. The fraction of sp³-hybridized carbons (Fsp3) is 0.500. The molecule has 3 fully saturated rings. The Morgan fingerprint density at radius 2 is 1.80 bits per heavy atom. The van der Waals surface area contributed by atoms with E-state index in [1.165, 1.54) is 11.1 Å². The van der Waals surface area contributed by atoms with E-state index >= 15 is 0 Å². The van der Waals surface area contributed by atoms with Crippen LogP contribution < -0.4 is 5.32 Å². The fourth-order valence-corrected chi connectivity index (χ4v) is 10.3. The van der Waals surface area contributed by atoms with Gasteiger partial charge in [0.25, 0.3) is 5.91 Å². The van der Waals surface area contributed by atoms with Crippen LogP contribution in [0.25, 0.3) is 33.3 Å². The van der Waals surface area contributed by atoms with E-state index < -0.39 is 47.3 Å². The maximum Gasteiger partial charge on any atom is 0.338 e. The van der Waals surface area contributed by atoms with Crippen LogP contribution in [0, 0.1) is 11.3 Å². The average Bonchev–Trinajstić information content (AvgIpc) is 3.85. The van der Waals surface area contributed by atoms with Gasteiger partial charge in [-0.1, -0.05) is 63.6 Å². The minimum Gasteiger partial charge on any atom is -0.463 e. The number of aryl methyl sites for hydroxylation is 1. The van der Waals surface area contributed by atoms with E-state index in [2.05, 4.69) is 73.6 Å². The van der Waals surface area contributed by atoms with Gasteiger partial charge in [0.05, 0.1) is 30.0 Å². The number of nitrogens with one attached hydrogen (secondary N) is 1. The molecule has 0 aliphatic carbocycles. The SMILES string of the molecule is C=CC(=O)N1CC[C@H](C(=O)N2CCCCC[C@H]2C(=O)N[C@H]2Cc3cccc(c3)-c3ccc4c(c3)c(c(-c3cccnc3[C@H](C)OC)n4CC)CC(C)(C)COC(=O)[C@@H]3CCCN(O3)C2=O)C1. The minimum atomic E-state index is -1.08. The average molecular weight is 901 g/mol. The number of ether oxygens (including phenoxy) is 2. The van der Waals surface area contributed by atoms with E-state index in [-0.39, 0.29) is 44.0 Å². The summed E-state index contributed by atoms with van der Waals surface area (Å²) in [5.41, 5.74) is 7.25. The van der Waals surface area contributed by atoms with Gasteiger partial charge in [0.1, 0.15) is 12.1 Å². The van der Waals surface area contributed by atoms with Gasteiger partial charge in [-0.2, -0.15) is 0 Å². The number of pyridine rings is 1. The van der Waals surface area contributed by atoms with E-state index in [1.807, 2.05) is 25.1 Å². The molecule has 3 saturated heterocycles. The quantitative estimate of drug-likeness (QED) is 0.146. The first-order valence-electron chi connectivity index (χ1n) is 23.7. The summed E-state index contributed by atoms with van der Waals surface area (Å²) in [7, 11) is 1.69. The minimum absolute atomic E-state index is 0.104. The molecule has 66 heavy (non-hydrogen) atoms. The van der Waals surface area contributed by atoms with Gasteiger partial charge < -0.3 is 29.2 Å². The van der Waals surface area contributed by atoms with E-state index in [1.54, 1.807) is 23.1 Å². The van der Waals surface area contributed by atoms with Gasteiger partial charge in [-0.3, -0.25) is 29.0 Å². The summed E-state index contributed by atoms with van der Waals surface area (Å²) in [5.74, 6) is -2.25. The van der Waals surface area contributed by atoms with Gasteiger partial charge in [0.15, 0.2) is 6.10 Å². The molecule has 4 amide bonds. The van der Waals surface area contributed by atoms with Crippen molar-refractivity contribution >= 4 is 40.5 Å². The summed E-state index contributed by atoms with van der Waals surface area (Å²) in [6.07, 6.45) is 6.67. The van der Waals surface area contributed by atoms with Gasteiger partial charge in [-0.15, -0.1) is 0 Å². The highest BCUT2D eigenvalue weighted by molar-refractivity contribution is 5.96. The van der Waals surface area contributed by atoms with Crippen LogP contribution in [-0.4, -0.2) is 112 Å². The Hall–Kier alpha value is -5.86. The molecule has 4 aliphatic rings. The highest BCUT2D eigenvalue weighted by Gasteiger charge is 2.41. The highest BCUT2D eigenvalue weighted by Crippen LogP contribution is 2.42. The molecule has 5 atom stereocenters. The molecule has 1 N–H and O–H groups in total. The lowest BCUT2D eigenvalue weighted by Crippen LogP contribution is -2.57. The Labute approximate surface area is 387 Å². The monoisotopic (exact) mass is 900 g/mol. The summed E-state index contributed by atoms with van der Waals surface area (Å²) in [4.78, 5) is 84.0. The summed E-state index contributed by atoms with van der Waals surface area (Å²) in [6.45, 7) is 14.1. The van der Waals surface area contributed by atoms with Gasteiger partial charge in [-0.05, 0) is 105 Å². The molecule has 0 saturated carbocycles. The molecule has 350 valence electrons. The van der Waals surface area contributed by atoms with Crippen LogP contribution in [-0.2, 0) is 57.7 Å². The Balaban J connectivity index is 1.18. The maximum absolute atomic E-state index is 14.7. The topological polar surface area (TPSA) is 153 Å². The van der Waals surface area contributed by atoms with Crippen molar-refractivity contribution < 1.29 is 38.3 Å². The first-order chi connectivity index (χ1) is 31.8. The predicted octanol–water partition coefficient (Wildman–Crippen LogP) is 6.98. The maximum atomic E-state index is 14.7. The zero-order valence-corrected chi connectivity index (χ0v) is 39.1. The number of fused-ring (bicyclic) bond motifs is 6. The molecule has 0 spiro atoms. The van der Waals surface area contributed by atoms with Crippen molar-refractivity contribution in [3.8, 4) is 22.4 Å². The number of carbonyl (C=O) groups is 5. The molecule has 6 heterocycles. The summed E-state index contributed by atoms with van der Waals surface area (Å²) in [6, 6.07) is 16.7. The van der Waals surface area contributed by atoms with E-state index in [0.29, 0.717) is 51.7 Å². The van der Waals surface area contributed by atoms with Gasteiger partial charge in [0, 0.05) is 74.3 Å². The number of methoxy groups -OCH3 is 1. The van der Waals surface area contributed by atoms with Crippen LogP contribution >= 0.6 is 0 Å². The van der Waals surface area contributed by atoms with Crippen LogP contribution in [0.5, 0.6) is 0 Å². The van der Waals surface area contributed by atoms with Crippen LogP contribution in [0.3, 0.4) is 0 Å². The fourth-order valence-electron chi connectivity index (χ4n) is 10.3. The van der Waals surface area contributed by atoms with Gasteiger partial charge in [0.2, 0.25) is 17.7 Å². The first-order valence-corrected chi connectivity index (χ1v) is 23.7. The second-order valence-electron chi connectivity index (χ2n) is 19.1. The van der Waals surface area contributed by atoms with Crippen LogP contribution in [0.15, 0.2) is 73.4 Å². The third-order valence-corrected chi connectivity index (χ3v) is 13.8. The van der Waals surface area contributed by atoms with Gasteiger partial charge >= 0.3 is 5.97 Å². The van der Waals surface area contributed by atoms with Crippen molar-refractivity contribution in [1.82, 2.24) is 29.7 Å².